The highest BCUT2D eigenvalue weighted by Crippen LogP contribution is 2.45. The molecule has 0 saturated carbocycles. The first kappa shape index (κ1) is 36.9. The van der Waals surface area contributed by atoms with E-state index in [1.54, 1.807) is 0 Å². The van der Waals surface area contributed by atoms with E-state index in [2.05, 4.69) is 138 Å². The Bertz CT molecular complexity index is 4460. The zero-order valence-corrected chi connectivity index (χ0v) is 36.1. The number of benzene rings is 10. The first-order chi connectivity index (χ1) is 33.7. The molecule has 68 heavy (non-hydrogen) atoms. The minimum Gasteiger partial charge on any atom is -0.456 e. The van der Waals surface area contributed by atoms with Crippen LogP contribution in [0.15, 0.2) is 220 Å². The topological polar surface area (TPSA) is 83.0 Å². The van der Waals surface area contributed by atoms with Gasteiger partial charge in [0, 0.05) is 65.3 Å². The number of furan rings is 3. The molecule has 0 radical (unpaired) electrons. The maximum Gasteiger partial charge on any atom is 0.164 e. The van der Waals surface area contributed by atoms with Gasteiger partial charge in [-0.25, -0.2) is 15.0 Å². The first-order valence-electron chi connectivity index (χ1n) is 22.7. The van der Waals surface area contributed by atoms with Crippen LogP contribution in [0.25, 0.3) is 149 Å². The lowest BCUT2D eigenvalue weighted by atomic mass is 9.95. The first-order valence-corrected chi connectivity index (χ1v) is 22.7. The summed E-state index contributed by atoms with van der Waals surface area (Å²) in [6.45, 7) is 0. The zero-order chi connectivity index (χ0) is 44.5. The second-order valence-electron chi connectivity index (χ2n) is 17.4. The molecule has 0 unspecified atom stereocenters. The largest absolute Gasteiger partial charge is 0.456 e. The highest BCUT2D eigenvalue weighted by atomic mass is 16.3. The van der Waals surface area contributed by atoms with Crippen LogP contribution >= 0.6 is 0 Å². The molecule has 0 saturated heterocycles. The Morgan fingerprint density at radius 2 is 0.750 bits per heavy atom. The van der Waals surface area contributed by atoms with E-state index in [0.29, 0.717) is 17.5 Å². The molecule has 15 rings (SSSR count). The fraction of sp³-hybridized carbons (Fsp3) is 0. The van der Waals surface area contributed by atoms with E-state index in [4.69, 9.17) is 28.2 Å². The third kappa shape index (κ3) is 5.38. The van der Waals surface area contributed by atoms with Crippen molar-refractivity contribution in [3.8, 4) is 51.0 Å². The number of para-hydroxylation sites is 4. The minimum atomic E-state index is 0.532. The summed E-state index contributed by atoms with van der Waals surface area (Å²) in [5.41, 5.74) is 12.6. The van der Waals surface area contributed by atoms with E-state index in [0.717, 1.165) is 110 Å². The van der Waals surface area contributed by atoms with Crippen LogP contribution in [0.3, 0.4) is 0 Å². The summed E-state index contributed by atoms with van der Waals surface area (Å²) in [5, 5.41) is 10.7. The van der Waals surface area contributed by atoms with Crippen LogP contribution in [0.2, 0.25) is 0 Å². The third-order valence-electron chi connectivity index (χ3n) is 13.7. The van der Waals surface area contributed by atoms with Crippen LogP contribution in [-0.4, -0.2) is 19.5 Å². The maximum absolute atomic E-state index is 6.54. The number of hydrogen-bond donors (Lipinski definition) is 0. The lowest BCUT2D eigenvalue weighted by molar-refractivity contribution is 0.668. The molecule has 0 aliphatic rings. The average Bonchev–Trinajstić information content (AvgIpc) is 4.16. The van der Waals surface area contributed by atoms with Gasteiger partial charge in [-0.1, -0.05) is 133 Å². The predicted molar refractivity (Wildman–Crippen MR) is 275 cm³/mol. The molecule has 7 heteroatoms. The number of nitrogens with zero attached hydrogens (tertiary/aromatic N) is 4. The zero-order valence-electron chi connectivity index (χ0n) is 36.1. The molecule has 0 N–H and O–H groups in total. The smallest absolute Gasteiger partial charge is 0.164 e. The van der Waals surface area contributed by atoms with Crippen LogP contribution in [0.4, 0.5) is 0 Å². The summed E-state index contributed by atoms with van der Waals surface area (Å²) in [5.74, 6) is 1.61. The van der Waals surface area contributed by atoms with Gasteiger partial charge in [-0.05, 0) is 89.1 Å². The molecule has 0 spiro atoms. The van der Waals surface area contributed by atoms with Gasteiger partial charge in [-0.15, -0.1) is 0 Å². The molecule has 316 valence electrons. The Labute approximate surface area is 386 Å². The summed E-state index contributed by atoms with van der Waals surface area (Å²) in [6.07, 6.45) is 0. The summed E-state index contributed by atoms with van der Waals surface area (Å²) < 4.78 is 21.8. The molecule has 0 amide bonds. The second kappa shape index (κ2) is 14.1. The summed E-state index contributed by atoms with van der Waals surface area (Å²) in [6, 6.07) is 71.6. The summed E-state index contributed by atoms with van der Waals surface area (Å²) >= 11 is 0. The maximum atomic E-state index is 6.54. The van der Waals surface area contributed by atoms with Gasteiger partial charge in [0.05, 0.1) is 16.7 Å². The number of hydrogen-bond acceptors (Lipinski definition) is 6. The monoisotopic (exact) mass is 870 g/mol. The molecule has 10 aromatic carbocycles. The lowest BCUT2D eigenvalue weighted by Gasteiger charge is -2.17. The Balaban J connectivity index is 1.05. The Morgan fingerprint density at radius 3 is 1.34 bits per heavy atom. The van der Waals surface area contributed by atoms with E-state index in [1.807, 2.05) is 72.8 Å². The van der Waals surface area contributed by atoms with Crippen molar-refractivity contribution >= 4 is 98.4 Å². The van der Waals surface area contributed by atoms with Crippen LogP contribution in [0.5, 0.6) is 0 Å². The summed E-state index contributed by atoms with van der Waals surface area (Å²) in [4.78, 5) is 16.2. The SMILES string of the molecule is c1ccc2cc3c(cc2c1)c1ccccc1n3-c1ccc(-c2nc(-c3cccc4oc5ccccc5c34)nc(-c3cccc4oc5ccccc5c34)n2)cc1-c1cccc2oc3ccccc3c12. The Morgan fingerprint density at radius 1 is 0.294 bits per heavy atom. The van der Waals surface area contributed by atoms with Gasteiger partial charge in [0.1, 0.15) is 33.5 Å². The van der Waals surface area contributed by atoms with Crippen molar-refractivity contribution in [1.82, 2.24) is 19.5 Å². The Kier molecular flexibility index (Phi) is 7.65. The fourth-order valence-corrected chi connectivity index (χ4v) is 10.7. The molecule has 0 fully saturated rings. The molecule has 0 bridgehead atoms. The van der Waals surface area contributed by atoms with E-state index in [9.17, 15) is 0 Å². The van der Waals surface area contributed by atoms with Crippen LogP contribution in [-0.2, 0) is 0 Å². The molecular formula is C61H34N4O3. The minimum absolute atomic E-state index is 0.532. The normalized spacial score (nSPS) is 12.1. The molecule has 15 aromatic rings. The fourth-order valence-electron chi connectivity index (χ4n) is 10.7. The number of aromatic nitrogens is 4. The van der Waals surface area contributed by atoms with Gasteiger partial charge in [0.2, 0.25) is 0 Å². The lowest BCUT2D eigenvalue weighted by Crippen LogP contribution is -2.02. The third-order valence-corrected chi connectivity index (χ3v) is 13.7. The van der Waals surface area contributed by atoms with Gasteiger partial charge in [-0.2, -0.15) is 0 Å². The van der Waals surface area contributed by atoms with E-state index >= 15 is 0 Å². The molecule has 7 nitrogen and oxygen atoms in total. The second-order valence-corrected chi connectivity index (χ2v) is 17.4. The molecule has 0 aliphatic heterocycles. The van der Waals surface area contributed by atoms with Crippen molar-refractivity contribution in [3.63, 3.8) is 0 Å². The van der Waals surface area contributed by atoms with Crippen molar-refractivity contribution in [2.45, 2.75) is 0 Å². The molecular weight excluding hydrogens is 837 g/mol. The van der Waals surface area contributed by atoms with Crippen molar-refractivity contribution in [2.24, 2.45) is 0 Å². The van der Waals surface area contributed by atoms with Crippen LogP contribution < -0.4 is 0 Å². The Hall–Kier alpha value is -9.33. The standard InChI is InChI=1S/C61H34N4O3/c1-2-15-36-34-49-45(32-35(36)14-1)38-16-3-7-23-47(38)65(49)48-31-30-37(33-46(48)39-20-11-27-53-56(39)40-17-4-8-24-50(40)66-53)59-62-60(43-21-12-28-54-57(43)41-18-5-9-25-51(41)67-54)64-61(63-59)44-22-13-29-55-58(44)42-19-6-10-26-52(42)68-55/h1-34H. The highest BCUT2D eigenvalue weighted by Gasteiger charge is 2.24. The van der Waals surface area contributed by atoms with Gasteiger partial charge in [0.15, 0.2) is 17.5 Å². The van der Waals surface area contributed by atoms with Crippen LogP contribution in [0, 0.1) is 0 Å². The van der Waals surface area contributed by atoms with Crippen LogP contribution in [0.1, 0.15) is 0 Å². The van der Waals surface area contributed by atoms with Gasteiger partial charge in [0.25, 0.3) is 0 Å². The van der Waals surface area contributed by atoms with Gasteiger partial charge in [-0.3, -0.25) is 0 Å². The van der Waals surface area contributed by atoms with Crippen molar-refractivity contribution in [1.29, 1.82) is 0 Å². The predicted octanol–water partition coefficient (Wildman–Crippen LogP) is 16.5. The summed E-state index contributed by atoms with van der Waals surface area (Å²) in [7, 11) is 0. The number of fused-ring (bicyclic) bond motifs is 13. The van der Waals surface area contributed by atoms with Crippen molar-refractivity contribution in [2.75, 3.05) is 0 Å². The molecule has 5 heterocycles. The van der Waals surface area contributed by atoms with Crippen molar-refractivity contribution < 1.29 is 13.3 Å². The van der Waals surface area contributed by atoms with E-state index in [1.165, 1.54) is 21.5 Å². The molecule has 0 aliphatic carbocycles. The van der Waals surface area contributed by atoms with E-state index in [-0.39, 0.29) is 0 Å². The number of rotatable bonds is 5. The quantitative estimate of drug-likeness (QED) is 0.171. The van der Waals surface area contributed by atoms with Crippen molar-refractivity contribution in [3.05, 3.63) is 206 Å². The van der Waals surface area contributed by atoms with E-state index < -0.39 is 0 Å². The average molecular weight is 871 g/mol. The molecule has 0 atom stereocenters. The highest BCUT2D eigenvalue weighted by molar-refractivity contribution is 6.17. The van der Waals surface area contributed by atoms with Gasteiger partial charge >= 0.3 is 0 Å². The molecule has 5 aromatic heterocycles. The van der Waals surface area contributed by atoms with Gasteiger partial charge < -0.3 is 17.8 Å².